The third kappa shape index (κ3) is 3.57. The maximum absolute atomic E-state index is 13.7. The van der Waals surface area contributed by atoms with Crippen LogP contribution >= 0.6 is 11.3 Å². The number of aryl methyl sites for hydroxylation is 2. The Bertz CT molecular complexity index is 1120. The van der Waals surface area contributed by atoms with Crippen molar-refractivity contribution in [3.8, 4) is 0 Å². The van der Waals surface area contributed by atoms with Gasteiger partial charge < -0.3 is 4.90 Å². The Hall–Kier alpha value is -2.49. The van der Waals surface area contributed by atoms with Gasteiger partial charge in [-0.3, -0.25) is 4.79 Å². The van der Waals surface area contributed by atoms with Gasteiger partial charge in [-0.1, -0.05) is 13.8 Å². The van der Waals surface area contributed by atoms with Gasteiger partial charge in [0.2, 0.25) is 0 Å². The lowest BCUT2D eigenvalue weighted by Crippen LogP contribution is -2.30. The average molecular weight is 437 g/mol. The van der Waals surface area contributed by atoms with Gasteiger partial charge in [-0.25, -0.2) is 14.5 Å². The fraction of sp³-hybridized carbons (Fsp3) is 0.500. The molecule has 3 aromatic heterocycles. The van der Waals surface area contributed by atoms with Crippen molar-refractivity contribution in [2.45, 2.75) is 58.7 Å². The van der Waals surface area contributed by atoms with Crippen molar-refractivity contribution in [1.82, 2.24) is 24.5 Å². The van der Waals surface area contributed by atoms with Gasteiger partial charge in [-0.05, 0) is 38.7 Å². The Morgan fingerprint density at radius 3 is 2.57 bits per heavy atom. The molecule has 160 valence electrons. The van der Waals surface area contributed by atoms with E-state index >= 15 is 0 Å². The molecule has 0 bridgehead atoms. The number of aromatic nitrogens is 4. The van der Waals surface area contributed by atoms with Crippen molar-refractivity contribution in [2.24, 2.45) is 0 Å². The van der Waals surface area contributed by atoms with Gasteiger partial charge in [0.25, 0.3) is 5.91 Å². The lowest BCUT2D eigenvalue weighted by molar-refractivity contribution is -0.142. The van der Waals surface area contributed by atoms with Crippen LogP contribution in [-0.2, 0) is 6.18 Å². The third-order valence-electron chi connectivity index (χ3n) is 5.30. The van der Waals surface area contributed by atoms with Gasteiger partial charge in [0.1, 0.15) is 10.6 Å². The molecule has 4 rings (SSSR count). The van der Waals surface area contributed by atoms with E-state index in [9.17, 15) is 18.0 Å². The van der Waals surface area contributed by atoms with Gasteiger partial charge in [0, 0.05) is 18.3 Å². The summed E-state index contributed by atoms with van der Waals surface area (Å²) >= 11 is 1.33. The predicted molar refractivity (Wildman–Crippen MR) is 107 cm³/mol. The molecule has 1 saturated heterocycles. The fourth-order valence-electron chi connectivity index (χ4n) is 3.85. The molecule has 30 heavy (non-hydrogen) atoms. The summed E-state index contributed by atoms with van der Waals surface area (Å²) in [6, 6.07) is 2.24. The fourth-order valence-corrected chi connectivity index (χ4v) is 4.73. The summed E-state index contributed by atoms with van der Waals surface area (Å²) in [5, 5.41) is 5.05. The highest BCUT2D eigenvalue weighted by Gasteiger charge is 2.38. The van der Waals surface area contributed by atoms with Crippen molar-refractivity contribution in [3.63, 3.8) is 0 Å². The first-order chi connectivity index (χ1) is 14.1. The predicted octanol–water partition coefficient (Wildman–Crippen LogP) is 4.92. The number of fused-ring (bicyclic) bond motifs is 1. The van der Waals surface area contributed by atoms with Crippen LogP contribution in [0, 0.1) is 13.8 Å². The Morgan fingerprint density at radius 2 is 1.97 bits per heavy atom. The molecule has 1 unspecified atom stereocenters. The largest absolute Gasteiger partial charge is 0.433 e. The molecule has 3 aromatic rings. The average Bonchev–Trinajstić information content (AvgIpc) is 3.36. The molecule has 0 spiro atoms. The number of carbonyl (C=O) groups is 1. The van der Waals surface area contributed by atoms with Crippen molar-refractivity contribution in [1.29, 1.82) is 0 Å². The van der Waals surface area contributed by atoms with Gasteiger partial charge in [0.15, 0.2) is 5.65 Å². The highest BCUT2D eigenvalue weighted by Crippen LogP contribution is 2.36. The summed E-state index contributed by atoms with van der Waals surface area (Å²) in [5.41, 5.74) is 0.751. The molecule has 1 atom stereocenters. The minimum atomic E-state index is -4.56. The second-order valence-electron chi connectivity index (χ2n) is 7.86. The van der Waals surface area contributed by atoms with Crippen LogP contribution in [-0.4, -0.2) is 36.9 Å². The first-order valence-corrected chi connectivity index (χ1v) is 10.6. The van der Waals surface area contributed by atoms with E-state index in [2.05, 4.69) is 15.1 Å². The number of halogens is 3. The molecule has 0 aromatic carbocycles. The number of nitrogens with zero attached hydrogens (tertiary/aromatic N) is 5. The number of carbonyl (C=O) groups excluding carboxylic acids is 1. The van der Waals surface area contributed by atoms with Crippen LogP contribution in [0.15, 0.2) is 12.1 Å². The summed E-state index contributed by atoms with van der Waals surface area (Å²) in [6.45, 7) is 7.76. The Balaban J connectivity index is 1.77. The number of amides is 1. The molecular weight excluding hydrogens is 415 g/mol. The molecule has 6 nitrogen and oxygen atoms in total. The van der Waals surface area contributed by atoms with Crippen molar-refractivity contribution < 1.29 is 18.0 Å². The van der Waals surface area contributed by atoms with Crippen LogP contribution in [0.3, 0.4) is 0 Å². The summed E-state index contributed by atoms with van der Waals surface area (Å²) in [7, 11) is 0. The SMILES string of the molecule is Cc1nc(C)c(C(=O)N2CCCC2c2cc3nc(C(C)C)cc(C(F)(F)F)n3n2)s1. The van der Waals surface area contributed by atoms with E-state index in [4.69, 9.17) is 0 Å². The molecule has 0 aliphatic carbocycles. The normalized spacial score (nSPS) is 17.5. The molecule has 1 aliphatic rings. The molecule has 1 amide bonds. The van der Waals surface area contributed by atoms with E-state index in [1.807, 2.05) is 6.92 Å². The summed E-state index contributed by atoms with van der Waals surface area (Å²) in [6.07, 6.45) is -3.15. The number of thiazole rings is 1. The maximum atomic E-state index is 13.7. The second-order valence-corrected chi connectivity index (χ2v) is 9.07. The molecule has 0 saturated carbocycles. The molecular formula is C20H22F3N5OS. The highest BCUT2D eigenvalue weighted by molar-refractivity contribution is 7.13. The highest BCUT2D eigenvalue weighted by atomic mass is 32.1. The number of likely N-dealkylation sites (tertiary alicyclic amines) is 1. The standard InChI is InChI=1S/C20H22F3N5OS/c1-10(2)13-8-16(20(21,22)23)28-17(25-13)9-14(26-28)15-6-5-7-27(15)19(29)18-11(3)24-12(4)30-18/h8-10,15H,5-7H2,1-4H3. The Kier molecular flexibility index (Phi) is 5.08. The zero-order chi connectivity index (χ0) is 21.8. The molecule has 0 N–H and O–H groups in total. The smallest absolute Gasteiger partial charge is 0.329 e. The first kappa shape index (κ1) is 20.8. The van der Waals surface area contributed by atoms with Gasteiger partial charge in [-0.2, -0.15) is 18.3 Å². The molecule has 10 heteroatoms. The van der Waals surface area contributed by atoms with Crippen molar-refractivity contribution in [2.75, 3.05) is 6.54 Å². The maximum Gasteiger partial charge on any atom is 0.433 e. The summed E-state index contributed by atoms with van der Waals surface area (Å²) in [4.78, 5) is 24.1. The van der Waals surface area contributed by atoms with Crippen LogP contribution in [0.5, 0.6) is 0 Å². The molecule has 4 heterocycles. The van der Waals surface area contributed by atoms with Crippen LogP contribution < -0.4 is 0 Å². The number of hydrogen-bond acceptors (Lipinski definition) is 5. The number of alkyl halides is 3. The van der Waals surface area contributed by atoms with E-state index in [1.165, 1.54) is 11.3 Å². The molecule has 1 aliphatic heterocycles. The summed E-state index contributed by atoms with van der Waals surface area (Å²) < 4.78 is 41.8. The quantitative estimate of drug-likeness (QED) is 0.583. The van der Waals surface area contributed by atoms with Gasteiger partial charge >= 0.3 is 6.18 Å². The minimum Gasteiger partial charge on any atom is -0.329 e. The van der Waals surface area contributed by atoms with Crippen LogP contribution in [0.25, 0.3) is 5.65 Å². The van der Waals surface area contributed by atoms with Crippen molar-refractivity contribution in [3.05, 3.63) is 44.8 Å². The van der Waals surface area contributed by atoms with E-state index in [1.54, 1.807) is 31.7 Å². The molecule has 1 fully saturated rings. The van der Waals surface area contributed by atoms with Crippen LogP contribution in [0.4, 0.5) is 13.2 Å². The van der Waals surface area contributed by atoms with E-state index in [0.29, 0.717) is 34.9 Å². The van der Waals surface area contributed by atoms with Gasteiger partial charge in [-0.15, -0.1) is 11.3 Å². The van der Waals surface area contributed by atoms with E-state index in [-0.39, 0.29) is 23.5 Å². The zero-order valence-corrected chi connectivity index (χ0v) is 17.9. The second kappa shape index (κ2) is 7.33. The topological polar surface area (TPSA) is 63.4 Å². The third-order valence-corrected chi connectivity index (χ3v) is 6.36. The number of hydrogen-bond donors (Lipinski definition) is 0. The zero-order valence-electron chi connectivity index (χ0n) is 17.1. The number of rotatable bonds is 3. The molecule has 0 radical (unpaired) electrons. The van der Waals surface area contributed by atoms with Crippen LogP contribution in [0.1, 0.15) is 76.1 Å². The van der Waals surface area contributed by atoms with Crippen molar-refractivity contribution >= 4 is 22.9 Å². The Labute approximate surface area is 175 Å². The Morgan fingerprint density at radius 1 is 1.23 bits per heavy atom. The van der Waals surface area contributed by atoms with Gasteiger partial charge in [0.05, 0.1) is 22.4 Å². The van der Waals surface area contributed by atoms with E-state index in [0.717, 1.165) is 22.0 Å². The van der Waals surface area contributed by atoms with E-state index < -0.39 is 11.9 Å². The van der Waals surface area contributed by atoms with Crippen LogP contribution in [0.2, 0.25) is 0 Å². The lowest BCUT2D eigenvalue weighted by atomic mass is 10.1. The first-order valence-electron chi connectivity index (χ1n) is 9.79. The monoisotopic (exact) mass is 437 g/mol. The summed E-state index contributed by atoms with van der Waals surface area (Å²) in [5.74, 6) is -0.305. The minimum absolute atomic E-state index is 0.146. The lowest BCUT2D eigenvalue weighted by Gasteiger charge is -2.22.